The first kappa shape index (κ1) is 16.6. The highest BCUT2D eigenvalue weighted by Gasteiger charge is 2.27. The average Bonchev–Trinajstić information content (AvgIpc) is 2.46. The van der Waals surface area contributed by atoms with Crippen LogP contribution in [-0.2, 0) is 4.79 Å². The number of hydrogen-bond acceptors (Lipinski definition) is 2. The second-order valence-electron chi connectivity index (χ2n) is 5.87. The summed E-state index contributed by atoms with van der Waals surface area (Å²) in [6.45, 7) is 5.07. The molecule has 0 atom stereocenters. The van der Waals surface area contributed by atoms with Crippen LogP contribution in [0.25, 0.3) is 0 Å². The Hall–Kier alpha value is -1.75. The van der Waals surface area contributed by atoms with E-state index < -0.39 is 0 Å². The molecule has 0 radical (unpaired) electrons. The first-order chi connectivity index (χ1) is 10.5. The van der Waals surface area contributed by atoms with Gasteiger partial charge in [0.1, 0.15) is 0 Å². The van der Waals surface area contributed by atoms with E-state index in [1.165, 1.54) is 0 Å². The van der Waals surface area contributed by atoms with E-state index in [0.29, 0.717) is 36.6 Å². The first-order valence-corrected chi connectivity index (χ1v) is 7.95. The van der Waals surface area contributed by atoms with Gasteiger partial charge in [-0.1, -0.05) is 17.7 Å². The summed E-state index contributed by atoms with van der Waals surface area (Å²) in [5.41, 5.74) is 0.706. The fraction of sp³-hybridized carbons (Fsp3) is 0.500. The van der Waals surface area contributed by atoms with Gasteiger partial charge in [0.05, 0.1) is 0 Å². The van der Waals surface area contributed by atoms with E-state index in [1.54, 1.807) is 23.1 Å². The predicted molar refractivity (Wildman–Crippen MR) is 88.0 cm³/mol. The Bertz CT molecular complexity index is 540. The fourth-order valence-corrected chi connectivity index (χ4v) is 2.68. The number of halogens is 1. The predicted octanol–water partition coefficient (Wildman–Crippen LogP) is 3.11. The van der Waals surface area contributed by atoms with Crippen molar-refractivity contribution in [1.82, 2.24) is 10.2 Å². The van der Waals surface area contributed by atoms with Gasteiger partial charge in [-0.15, -0.1) is 0 Å². The Balaban J connectivity index is 1.83. The molecule has 0 spiro atoms. The Kier molecular flexibility index (Phi) is 5.66. The second kappa shape index (κ2) is 7.49. The maximum absolute atomic E-state index is 12.3. The van der Waals surface area contributed by atoms with Gasteiger partial charge >= 0.3 is 6.03 Å². The highest BCUT2D eigenvalue weighted by Crippen LogP contribution is 2.21. The van der Waals surface area contributed by atoms with Crippen LogP contribution < -0.4 is 10.6 Å². The van der Waals surface area contributed by atoms with Gasteiger partial charge in [0.25, 0.3) is 0 Å². The Morgan fingerprint density at radius 3 is 2.55 bits per heavy atom. The lowest BCUT2D eigenvalue weighted by Gasteiger charge is -2.32. The molecule has 1 saturated heterocycles. The molecule has 6 heteroatoms. The molecule has 120 valence electrons. The number of carbonyl (C=O) groups excluding carboxylic acids is 2. The molecule has 1 aromatic carbocycles. The summed E-state index contributed by atoms with van der Waals surface area (Å²) in [5, 5.41) is 6.36. The minimum absolute atomic E-state index is 0.00816. The molecule has 5 nitrogen and oxygen atoms in total. The summed E-state index contributed by atoms with van der Waals surface area (Å²) in [6, 6.07) is 7.18. The number of nitrogens with zero attached hydrogens (tertiary/aromatic N) is 1. The molecule has 2 N–H and O–H groups in total. The van der Waals surface area contributed by atoms with Crippen LogP contribution in [0.15, 0.2) is 24.3 Å². The van der Waals surface area contributed by atoms with E-state index in [2.05, 4.69) is 10.6 Å². The van der Waals surface area contributed by atoms with E-state index in [4.69, 9.17) is 11.6 Å². The van der Waals surface area contributed by atoms with Crippen molar-refractivity contribution in [3.63, 3.8) is 0 Å². The molecule has 0 aliphatic carbocycles. The van der Waals surface area contributed by atoms with Gasteiger partial charge < -0.3 is 15.5 Å². The fourth-order valence-electron chi connectivity index (χ4n) is 2.49. The van der Waals surface area contributed by atoms with Gasteiger partial charge in [-0.25, -0.2) is 4.79 Å². The van der Waals surface area contributed by atoms with Crippen LogP contribution in [0.3, 0.4) is 0 Å². The van der Waals surface area contributed by atoms with E-state index in [1.807, 2.05) is 19.9 Å². The number of piperidine rings is 1. The third-order valence-electron chi connectivity index (χ3n) is 3.66. The molecule has 0 aromatic heterocycles. The van der Waals surface area contributed by atoms with Gasteiger partial charge in [-0.05, 0) is 44.9 Å². The summed E-state index contributed by atoms with van der Waals surface area (Å²) in [5.74, 6) is -0.0757. The monoisotopic (exact) mass is 323 g/mol. The van der Waals surface area contributed by atoms with E-state index >= 15 is 0 Å². The minimum atomic E-state index is -0.0675. The third kappa shape index (κ3) is 4.63. The molecule has 0 saturated carbocycles. The highest BCUT2D eigenvalue weighted by atomic mass is 35.5. The average molecular weight is 324 g/mol. The summed E-state index contributed by atoms with van der Waals surface area (Å²) in [4.78, 5) is 25.9. The van der Waals surface area contributed by atoms with Crippen molar-refractivity contribution in [3.05, 3.63) is 29.3 Å². The van der Waals surface area contributed by atoms with Crippen LogP contribution in [0.5, 0.6) is 0 Å². The Morgan fingerprint density at radius 2 is 1.95 bits per heavy atom. The molecule has 3 amide bonds. The van der Waals surface area contributed by atoms with Crippen LogP contribution in [0.1, 0.15) is 26.7 Å². The summed E-state index contributed by atoms with van der Waals surface area (Å²) >= 11 is 5.91. The largest absolute Gasteiger partial charge is 0.336 e. The second-order valence-corrected chi connectivity index (χ2v) is 6.30. The van der Waals surface area contributed by atoms with Crippen molar-refractivity contribution < 1.29 is 9.59 Å². The molecule has 1 aliphatic rings. The van der Waals surface area contributed by atoms with Gasteiger partial charge in [0.2, 0.25) is 5.91 Å². The molecule has 0 unspecified atom stereocenters. The molecular formula is C16H22ClN3O2. The topological polar surface area (TPSA) is 61.4 Å². The van der Waals surface area contributed by atoms with Crippen molar-refractivity contribution in [3.8, 4) is 0 Å². The number of nitrogens with one attached hydrogen (secondary N) is 2. The maximum atomic E-state index is 12.3. The molecule has 2 rings (SSSR count). The first-order valence-electron chi connectivity index (χ1n) is 7.57. The normalized spacial score (nSPS) is 15.7. The van der Waals surface area contributed by atoms with Gasteiger partial charge in [0.15, 0.2) is 0 Å². The number of likely N-dealkylation sites (tertiary alicyclic amines) is 1. The van der Waals surface area contributed by atoms with Crippen LogP contribution in [0, 0.1) is 5.92 Å². The summed E-state index contributed by atoms with van der Waals surface area (Å²) < 4.78 is 0. The van der Waals surface area contributed by atoms with Gasteiger partial charge in [-0.3, -0.25) is 4.79 Å². The van der Waals surface area contributed by atoms with Gasteiger partial charge in [0, 0.05) is 35.8 Å². The van der Waals surface area contributed by atoms with Crippen LogP contribution in [-0.4, -0.2) is 36.0 Å². The van der Waals surface area contributed by atoms with Crippen LogP contribution in [0.4, 0.5) is 10.5 Å². The number of hydrogen-bond donors (Lipinski definition) is 2. The van der Waals surface area contributed by atoms with E-state index in [0.717, 1.165) is 0 Å². The van der Waals surface area contributed by atoms with Crippen LogP contribution >= 0.6 is 11.6 Å². The minimum Gasteiger partial charge on any atom is -0.336 e. The molecule has 1 heterocycles. The third-order valence-corrected chi connectivity index (χ3v) is 3.89. The lowest BCUT2D eigenvalue weighted by Crippen LogP contribution is -2.47. The smallest absolute Gasteiger partial charge is 0.317 e. The van der Waals surface area contributed by atoms with Crippen molar-refractivity contribution in [2.24, 2.45) is 5.92 Å². The van der Waals surface area contributed by atoms with Crippen molar-refractivity contribution in [2.45, 2.75) is 32.7 Å². The maximum Gasteiger partial charge on any atom is 0.317 e. The van der Waals surface area contributed by atoms with Crippen molar-refractivity contribution in [2.75, 3.05) is 18.4 Å². The number of anilines is 1. The summed E-state index contributed by atoms with van der Waals surface area (Å²) in [6.07, 6.45) is 1.36. The number of rotatable bonds is 3. The standard InChI is InChI=1S/C16H22ClN3O2/c1-11(2)18-16(22)20-8-6-12(7-9-20)15(21)19-14-5-3-4-13(17)10-14/h3-5,10-12H,6-9H2,1-2H3,(H,18,22)(H,19,21). The van der Waals surface area contributed by atoms with Crippen LogP contribution in [0.2, 0.25) is 5.02 Å². The number of carbonyl (C=O) groups is 2. The van der Waals surface area contributed by atoms with E-state index in [-0.39, 0.29) is 23.9 Å². The van der Waals surface area contributed by atoms with E-state index in [9.17, 15) is 9.59 Å². The zero-order valence-electron chi connectivity index (χ0n) is 12.9. The lowest BCUT2D eigenvalue weighted by molar-refractivity contribution is -0.121. The van der Waals surface area contributed by atoms with Crippen molar-refractivity contribution in [1.29, 1.82) is 0 Å². The highest BCUT2D eigenvalue weighted by molar-refractivity contribution is 6.30. The molecule has 1 fully saturated rings. The Morgan fingerprint density at radius 1 is 1.27 bits per heavy atom. The molecule has 22 heavy (non-hydrogen) atoms. The molecule has 0 bridgehead atoms. The summed E-state index contributed by atoms with van der Waals surface area (Å²) in [7, 11) is 0. The lowest BCUT2D eigenvalue weighted by atomic mass is 9.96. The number of benzene rings is 1. The van der Waals surface area contributed by atoms with Crippen molar-refractivity contribution >= 4 is 29.2 Å². The quantitative estimate of drug-likeness (QED) is 0.897. The number of urea groups is 1. The SMILES string of the molecule is CC(C)NC(=O)N1CCC(C(=O)Nc2cccc(Cl)c2)CC1. The molecule has 1 aromatic rings. The zero-order valence-corrected chi connectivity index (χ0v) is 13.7. The number of amides is 3. The Labute approximate surface area is 136 Å². The zero-order chi connectivity index (χ0) is 16.1. The molecular weight excluding hydrogens is 302 g/mol. The van der Waals surface area contributed by atoms with Gasteiger partial charge in [-0.2, -0.15) is 0 Å². The molecule has 1 aliphatic heterocycles.